The molecule has 2 heterocycles. The van der Waals surface area contributed by atoms with Crippen molar-refractivity contribution in [3.8, 4) is 28.7 Å². The number of aliphatic hydroxyl groups excluding tert-OH is 2. The summed E-state index contributed by atoms with van der Waals surface area (Å²) in [6.07, 6.45) is -0.921. The van der Waals surface area contributed by atoms with E-state index in [4.69, 9.17) is 14.4 Å². The molecule has 0 bridgehead atoms. The highest BCUT2D eigenvalue weighted by atomic mass is 16.5. The third kappa shape index (κ3) is 5.18. The zero-order chi connectivity index (χ0) is 22.5. The smallest absolute Gasteiger partial charge is 0.277 e. The van der Waals surface area contributed by atoms with Gasteiger partial charge in [0, 0.05) is 24.3 Å². The van der Waals surface area contributed by atoms with Gasteiger partial charge < -0.3 is 24.4 Å². The molecule has 2 aromatic heterocycles. The molecule has 3 aromatic rings. The normalized spacial score (nSPS) is 12.1. The van der Waals surface area contributed by atoms with Crippen molar-refractivity contribution >= 4 is 5.95 Å². The van der Waals surface area contributed by atoms with E-state index >= 15 is 0 Å². The van der Waals surface area contributed by atoms with Crippen LogP contribution in [0.3, 0.4) is 0 Å². The average molecular weight is 428 g/mol. The SMILES string of the molecule is CCN(CC)c1nc(C)cc(-c2nc(-c3cc(C)c(OCC(O)CO)c(C)c3)no2)n1. The number of benzene rings is 1. The summed E-state index contributed by atoms with van der Waals surface area (Å²) < 4.78 is 11.2. The Kier molecular flexibility index (Phi) is 7.19. The van der Waals surface area contributed by atoms with Gasteiger partial charge in [-0.1, -0.05) is 5.16 Å². The molecule has 166 valence electrons. The topological polar surface area (TPSA) is 118 Å². The molecule has 1 atom stereocenters. The molecule has 1 unspecified atom stereocenters. The number of nitrogens with zero attached hydrogens (tertiary/aromatic N) is 5. The zero-order valence-corrected chi connectivity index (χ0v) is 18.6. The van der Waals surface area contributed by atoms with Crippen LogP contribution in [-0.2, 0) is 0 Å². The van der Waals surface area contributed by atoms with E-state index in [-0.39, 0.29) is 13.2 Å². The van der Waals surface area contributed by atoms with Crippen molar-refractivity contribution in [3.63, 3.8) is 0 Å². The molecule has 0 saturated heterocycles. The van der Waals surface area contributed by atoms with Gasteiger partial charge in [0.25, 0.3) is 5.89 Å². The fourth-order valence-corrected chi connectivity index (χ4v) is 3.29. The lowest BCUT2D eigenvalue weighted by Crippen LogP contribution is -2.24. The van der Waals surface area contributed by atoms with Crippen LogP contribution >= 0.6 is 0 Å². The predicted molar refractivity (Wildman–Crippen MR) is 117 cm³/mol. The van der Waals surface area contributed by atoms with E-state index in [1.54, 1.807) is 0 Å². The summed E-state index contributed by atoms with van der Waals surface area (Å²) in [5, 5.41) is 22.6. The van der Waals surface area contributed by atoms with E-state index in [2.05, 4.69) is 38.9 Å². The van der Waals surface area contributed by atoms with Crippen molar-refractivity contribution in [2.45, 2.75) is 40.7 Å². The van der Waals surface area contributed by atoms with Crippen molar-refractivity contribution in [1.82, 2.24) is 20.1 Å². The number of hydrogen-bond acceptors (Lipinski definition) is 9. The van der Waals surface area contributed by atoms with Gasteiger partial charge in [-0.05, 0) is 63.9 Å². The third-order valence-electron chi connectivity index (χ3n) is 4.88. The minimum absolute atomic E-state index is 0.0197. The Balaban J connectivity index is 1.89. The second-order valence-electron chi connectivity index (χ2n) is 7.38. The second-order valence-corrected chi connectivity index (χ2v) is 7.38. The largest absolute Gasteiger partial charge is 0.490 e. The summed E-state index contributed by atoms with van der Waals surface area (Å²) in [6, 6.07) is 5.62. The molecule has 1 aromatic carbocycles. The minimum Gasteiger partial charge on any atom is -0.490 e. The van der Waals surface area contributed by atoms with Crippen molar-refractivity contribution in [2.75, 3.05) is 31.2 Å². The number of aromatic nitrogens is 4. The first-order valence-corrected chi connectivity index (χ1v) is 10.3. The van der Waals surface area contributed by atoms with E-state index < -0.39 is 6.10 Å². The first kappa shape index (κ1) is 22.6. The molecular formula is C22H29N5O4. The Labute approximate surface area is 181 Å². The minimum atomic E-state index is -0.921. The Morgan fingerprint density at radius 1 is 1.03 bits per heavy atom. The summed E-state index contributed by atoms with van der Waals surface area (Å²) >= 11 is 0. The van der Waals surface area contributed by atoms with Crippen LogP contribution in [0.4, 0.5) is 5.95 Å². The Hall–Kier alpha value is -3.04. The number of rotatable bonds is 9. The maximum Gasteiger partial charge on any atom is 0.277 e. The molecule has 0 fully saturated rings. The third-order valence-corrected chi connectivity index (χ3v) is 4.88. The molecule has 0 aliphatic carbocycles. The molecule has 2 N–H and O–H groups in total. The van der Waals surface area contributed by atoms with Crippen molar-refractivity contribution in [3.05, 3.63) is 35.0 Å². The highest BCUT2D eigenvalue weighted by Crippen LogP contribution is 2.30. The summed E-state index contributed by atoms with van der Waals surface area (Å²) in [7, 11) is 0. The summed E-state index contributed by atoms with van der Waals surface area (Å²) in [5.74, 6) is 2.08. The van der Waals surface area contributed by atoms with E-state index in [0.717, 1.165) is 35.5 Å². The zero-order valence-electron chi connectivity index (χ0n) is 18.6. The summed E-state index contributed by atoms with van der Waals surface area (Å²) in [5.41, 5.74) is 3.93. The van der Waals surface area contributed by atoms with E-state index in [1.807, 2.05) is 39.0 Å². The second kappa shape index (κ2) is 9.84. The number of hydrogen-bond donors (Lipinski definition) is 2. The van der Waals surface area contributed by atoms with Crippen LogP contribution in [0.15, 0.2) is 22.7 Å². The lowest BCUT2D eigenvalue weighted by molar-refractivity contribution is 0.0532. The van der Waals surface area contributed by atoms with Crippen LogP contribution in [0, 0.1) is 20.8 Å². The van der Waals surface area contributed by atoms with Crippen molar-refractivity contribution in [1.29, 1.82) is 0 Å². The molecule has 9 nitrogen and oxygen atoms in total. The van der Waals surface area contributed by atoms with E-state index in [1.165, 1.54) is 0 Å². The lowest BCUT2D eigenvalue weighted by atomic mass is 10.1. The number of anilines is 1. The summed E-state index contributed by atoms with van der Waals surface area (Å²) in [6.45, 7) is 11.1. The van der Waals surface area contributed by atoms with Crippen molar-refractivity contribution < 1.29 is 19.5 Å². The van der Waals surface area contributed by atoms with E-state index in [9.17, 15) is 5.11 Å². The van der Waals surface area contributed by atoms with Crippen molar-refractivity contribution in [2.24, 2.45) is 0 Å². The molecule has 0 aliphatic heterocycles. The van der Waals surface area contributed by atoms with Gasteiger partial charge in [0.05, 0.1) is 6.61 Å². The van der Waals surface area contributed by atoms with Crippen LogP contribution in [0.2, 0.25) is 0 Å². The van der Waals surface area contributed by atoms with Gasteiger partial charge in [-0.3, -0.25) is 0 Å². The molecule has 9 heteroatoms. The average Bonchev–Trinajstić information content (AvgIpc) is 3.24. The Morgan fingerprint density at radius 2 is 1.71 bits per heavy atom. The maximum absolute atomic E-state index is 9.53. The number of aryl methyl sites for hydroxylation is 3. The number of ether oxygens (including phenoxy) is 1. The Morgan fingerprint density at radius 3 is 2.32 bits per heavy atom. The fourth-order valence-electron chi connectivity index (χ4n) is 3.29. The predicted octanol–water partition coefficient (Wildman–Crippen LogP) is 2.70. The summed E-state index contributed by atoms with van der Waals surface area (Å²) in [4.78, 5) is 15.7. The molecule has 31 heavy (non-hydrogen) atoms. The van der Waals surface area contributed by atoms with Gasteiger partial charge in [0.15, 0.2) is 0 Å². The fraction of sp³-hybridized carbons (Fsp3) is 0.455. The van der Waals surface area contributed by atoms with Gasteiger partial charge >= 0.3 is 0 Å². The first-order chi connectivity index (χ1) is 14.9. The Bertz CT molecular complexity index is 1010. The van der Waals surface area contributed by atoms with Gasteiger partial charge in [-0.2, -0.15) is 4.98 Å². The van der Waals surface area contributed by atoms with Crippen LogP contribution in [0.1, 0.15) is 30.7 Å². The first-order valence-electron chi connectivity index (χ1n) is 10.3. The molecule has 0 radical (unpaired) electrons. The molecule has 0 saturated carbocycles. The maximum atomic E-state index is 9.53. The van der Waals surface area contributed by atoms with Crippen LogP contribution in [0.25, 0.3) is 23.0 Å². The van der Waals surface area contributed by atoms with Crippen LogP contribution in [0.5, 0.6) is 5.75 Å². The quantitative estimate of drug-likeness (QED) is 0.531. The lowest BCUT2D eigenvalue weighted by Gasteiger charge is -2.18. The van der Waals surface area contributed by atoms with Crippen LogP contribution < -0.4 is 9.64 Å². The highest BCUT2D eigenvalue weighted by Gasteiger charge is 2.17. The van der Waals surface area contributed by atoms with Crippen LogP contribution in [-0.4, -0.2) is 62.7 Å². The molecule has 3 rings (SSSR count). The molecule has 0 amide bonds. The number of aliphatic hydroxyl groups is 2. The molecule has 0 spiro atoms. The highest BCUT2D eigenvalue weighted by molar-refractivity contribution is 5.63. The van der Waals surface area contributed by atoms with Gasteiger partial charge in [0.1, 0.15) is 24.2 Å². The van der Waals surface area contributed by atoms with Gasteiger partial charge in [-0.15, -0.1) is 0 Å². The monoisotopic (exact) mass is 427 g/mol. The molecular weight excluding hydrogens is 398 g/mol. The van der Waals surface area contributed by atoms with E-state index in [0.29, 0.717) is 29.1 Å². The van der Waals surface area contributed by atoms with Gasteiger partial charge in [-0.25, -0.2) is 9.97 Å². The standard InChI is InChI=1S/C22H29N5O4/c1-6-27(7-2)22-23-15(5)10-18(24-22)21-25-20(26-31-21)16-8-13(3)19(14(4)9-16)30-12-17(29)11-28/h8-10,17,28-29H,6-7,11-12H2,1-5H3. The molecule has 0 aliphatic rings. The van der Waals surface area contributed by atoms with Gasteiger partial charge in [0.2, 0.25) is 11.8 Å².